The number of hydrogen-bond donors (Lipinski definition) is 1. The molecule has 1 aliphatic rings. The molecule has 1 aromatic carbocycles. The third kappa shape index (κ3) is 4.74. The Morgan fingerprint density at radius 3 is 2.38 bits per heavy atom. The Kier molecular flexibility index (Phi) is 5.46. The normalized spacial score (nSPS) is 14.1. The summed E-state index contributed by atoms with van der Waals surface area (Å²) < 4.78 is 1.90. The lowest BCUT2D eigenvalue weighted by atomic mass is 10.2. The van der Waals surface area contributed by atoms with Crippen LogP contribution in [0.1, 0.15) is 11.3 Å². The Hall–Kier alpha value is -3.35. The molecule has 0 atom stereocenters. The van der Waals surface area contributed by atoms with E-state index in [1.807, 2.05) is 59.1 Å². The van der Waals surface area contributed by atoms with Gasteiger partial charge in [0.25, 0.3) is 0 Å². The molecule has 0 spiro atoms. The summed E-state index contributed by atoms with van der Waals surface area (Å²) in [6.45, 7) is 7.24. The zero-order chi connectivity index (χ0) is 20.2. The second-order valence-electron chi connectivity index (χ2n) is 7.41. The molecule has 1 fully saturated rings. The first kappa shape index (κ1) is 19.0. The molecule has 0 radical (unpaired) electrons. The molecule has 0 saturated carbocycles. The van der Waals surface area contributed by atoms with Crippen molar-refractivity contribution < 1.29 is 4.79 Å². The highest BCUT2D eigenvalue weighted by Crippen LogP contribution is 2.20. The number of amides is 1. The van der Waals surface area contributed by atoms with Crippen LogP contribution in [0.3, 0.4) is 0 Å². The van der Waals surface area contributed by atoms with E-state index in [0.717, 1.165) is 30.3 Å². The topological polar surface area (TPSA) is 66.3 Å². The molecule has 7 heteroatoms. The van der Waals surface area contributed by atoms with Gasteiger partial charge in [0.2, 0.25) is 11.9 Å². The van der Waals surface area contributed by atoms with Crippen molar-refractivity contribution >= 4 is 23.4 Å². The van der Waals surface area contributed by atoms with E-state index in [-0.39, 0.29) is 5.91 Å². The van der Waals surface area contributed by atoms with Crippen LogP contribution in [0.15, 0.2) is 54.9 Å². The van der Waals surface area contributed by atoms with Crippen LogP contribution in [0.4, 0.5) is 17.5 Å². The molecule has 150 valence electrons. The largest absolute Gasteiger partial charge is 0.345 e. The number of nitrogens with one attached hydrogen (secondary N) is 1. The van der Waals surface area contributed by atoms with Crippen LogP contribution >= 0.6 is 0 Å². The minimum Gasteiger partial charge on any atom is -0.345 e. The predicted octanol–water partition coefficient (Wildman–Crippen LogP) is 2.99. The summed E-state index contributed by atoms with van der Waals surface area (Å²) in [4.78, 5) is 25.9. The van der Waals surface area contributed by atoms with E-state index < -0.39 is 0 Å². The molecular formula is C22H26N6O. The summed E-state index contributed by atoms with van der Waals surface area (Å²) in [6, 6.07) is 14.0. The predicted molar refractivity (Wildman–Crippen MR) is 114 cm³/mol. The van der Waals surface area contributed by atoms with E-state index >= 15 is 0 Å². The number of benzene rings is 1. The lowest BCUT2D eigenvalue weighted by molar-refractivity contribution is -0.132. The fourth-order valence-electron chi connectivity index (χ4n) is 3.43. The minimum absolute atomic E-state index is 0.146. The van der Waals surface area contributed by atoms with E-state index in [2.05, 4.69) is 34.3 Å². The number of anilines is 3. The van der Waals surface area contributed by atoms with Gasteiger partial charge in [-0.05, 0) is 38.1 Å². The Balaban J connectivity index is 1.39. The summed E-state index contributed by atoms with van der Waals surface area (Å²) >= 11 is 0. The van der Waals surface area contributed by atoms with Crippen LogP contribution in [-0.4, -0.2) is 51.5 Å². The lowest BCUT2D eigenvalue weighted by Crippen LogP contribution is -2.50. The van der Waals surface area contributed by atoms with Gasteiger partial charge in [-0.15, -0.1) is 0 Å². The number of carbonyl (C=O) groups is 1. The zero-order valence-corrected chi connectivity index (χ0v) is 16.9. The van der Waals surface area contributed by atoms with E-state index in [1.54, 1.807) is 0 Å². The van der Waals surface area contributed by atoms with Crippen LogP contribution in [0.2, 0.25) is 0 Å². The average Bonchev–Trinajstić information content (AvgIpc) is 3.22. The van der Waals surface area contributed by atoms with E-state index in [1.165, 1.54) is 5.56 Å². The van der Waals surface area contributed by atoms with Crippen molar-refractivity contribution in [1.82, 2.24) is 19.4 Å². The maximum Gasteiger partial charge on any atom is 0.242 e. The van der Waals surface area contributed by atoms with Crippen LogP contribution in [0.5, 0.6) is 0 Å². The number of piperazine rings is 1. The van der Waals surface area contributed by atoms with E-state index in [9.17, 15) is 4.79 Å². The Morgan fingerprint density at radius 2 is 1.69 bits per heavy atom. The highest BCUT2D eigenvalue weighted by atomic mass is 16.2. The van der Waals surface area contributed by atoms with Crippen molar-refractivity contribution in [3.05, 3.63) is 66.1 Å². The average molecular weight is 390 g/mol. The maximum absolute atomic E-state index is 12.5. The van der Waals surface area contributed by atoms with Gasteiger partial charge in [0.05, 0.1) is 0 Å². The second kappa shape index (κ2) is 8.34. The summed E-state index contributed by atoms with van der Waals surface area (Å²) in [7, 11) is 0. The SMILES string of the molecule is Cc1ccc(Nc2cc(C)nc(N3CCN(C(=O)Cn4cccc4)CC3)n2)cc1. The second-order valence-corrected chi connectivity index (χ2v) is 7.41. The molecule has 7 nitrogen and oxygen atoms in total. The molecule has 1 amide bonds. The fourth-order valence-corrected chi connectivity index (χ4v) is 3.43. The van der Waals surface area contributed by atoms with Gasteiger partial charge in [0.15, 0.2) is 0 Å². The third-order valence-corrected chi connectivity index (χ3v) is 5.07. The Morgan fingerprint density at radius 1 is 1.00 bits per heavy atom. The van der Waals surface area contributed by atoms with Crippen molar-refractivity contribution in [3.8, 4) is 0 Å². The molecule has 29 heavy (non-hydrogen) atoms. The summed E-state index contributed by atoms with van der Waals surface area (Å²) in [5, 5.41) is 3.36. The number of aryl methyl sites for hydroxylation is 2. The molecule has 1 saturated heterocycles. The highest BCUT2D eigenvalue weighted by Gasteiger charge is 2.23. The van der Waals surface area contributed by atoms with Crippen LogP contribution in [0, 0.1) is 13.8 Å². The van der Waals surface area contributed by atoms with Gasteiger partial charge in [-0.25, -0.2) is 4.98 Å². The molecule has 3 aromatic rings. The summed E-state index contributed by atoms with van der Waals surface area (Å²) in [5.74, 6) is 1.63. The molecule has 2 aromatic heterocycles. The van der Waals surface area contributed by atoms with Gasteiger partial charge in [0, 0.05) is 56.0 Å². The van der Waals surface area contributed by atoms with Crippen molar-refractivity contribution in [2.45, 2.75) is 20.4 Å². The number of carbonyl (C=O) groups excluding carboxylic acids is 1. The molecular weight excluding hydrogens is 364 g/mol. The zero-order valence-electron chi connectivity index (χ0n) is 16.9. The summed E-state index contributed by atoms with van der Waals surface area (Å²) in [6.07, 6.45) is 3.83. The van der Waals surface area contributed by atoms with E-state index in [4.69, 9.17) is 4.98 Å². The van der Waals surface area contributed by atoms with Gasteiger partial charge in [-0.1, -0.05) is 17.7 Å². The van der Waals surface area contributed by atoms with Crippen molar-refractivity contribution in [2.24, 2.45) is 0 Å². The minimum atomic E-state index is 0.146. The van der Waals surface area contributed by atoms with Gasteiger partial charge in [-0.3, -0.25) is 4.79 Å². The molecule has 0 unspecified atom stereocenters. The van der Waals surface area contributed by atoms with Crippen molar-refractivity contribution in [2.75, 3.05) is 36.4 Å². The number of nitrogens with zero attached hydrogens (tertiary/aromatic N) is 5. The Bertz CT molecular complexity index is 959. The van der Waals surface area contributed by atoms with Gasteiger partial charge in [0.1, 0.15) is 12.4 Å². The highest BCUT2D eigenvalue weighted by molar-refractivity contribution is 5.76. The number of rotatable bonds is 5. The van der Waals surface area contributed by atoms with Crippen molar-refractivity contribution in [3.63, 3.8) is 0 Å². The Labute approximate surface area is 171 Å². The summed E-state index contributed by atoms with van der Waals surface area (Å²) in [5.41, 5.74) is 3.13. The quantitative estimate of drug-likeness (QED) is 0.726. The molecule has 0 bridgehead atoms. The van der Waals surface area contributed by atoms with Gasteiger partial charge < -0.3 is 19.7 Å². The molecule has 3 heterocycles. The van der Waals surface area contributed by atoms with Gasteiger partial charge in [-0.2, -0.15) is 4.98 Å². The molecule has 1 aliphatic heterocycles. The van der Waals surface area contributed by atoms with Crippen LogP contribution in [-0.2, 0) is 11.3 Å². The molecule has 4 rings (SSSR count). The van der Waals surface area contributed by atoms with Crippen LogP contribution in [0.25, 0.3) is 0 Å². The first-order chi connectivity index (χ1) is 14.1. The smallest absolute Gasteiger partial charge is 0.242 e. The van der Waals surface area contributed by atoms with Crippen LogP contribution < -0.4 is 10.2 Å². The monoisotopic (exact) mass is 390 g/mol. The maximum atomic E-state index is 12.5. The third-order valence-electron chi connectivity index (χ3n) is 5.07. The molecule has 1 N–H and O–H groups in total. The number of aromatic nitrogens is 3. The number of hydrogen-bond acceptors (Lipinski definition) is 5. The molecule has 0 aliphatic carbocycles. The van der Waals surface area contributed by atoms with E-state index in [0.29, 0.717) is 25.6 Å². The first-order valence-corrected chi connectivity index (χ1v) is 9.90. The first-order valence-electron chi connectivity index (χ1n) is 9.90. The van der Waals surface area contributed by atoms with Crippen molar-refractivity contribution in [1.29, 1.82) is 0 Å². The standard InChI is InChI=1S/C22H26N6O/c1-17-5-7-19(8-6-17)24-20-15-18(2)23-22(25-20)28-13-11-27(12-14-28)21(29)16-26-9-3-4-10-26/h3-10,15H,11-14,16H2,1-2H3,(H,23,24,25). The van der Waals surface area contributed by atoms with Gasteiger partial charge >= 0.3 is 0 Å². The fraction of sp³-hybridized carbons (Fsp3) is 0.318. The lowest BCUT2D eigenvalue weighted by Gasteiger charge is -2.35.